The molecule has 0 saturated carbocycles. The van der Waals surface area contributed by atoms with Crippen molar-refractivity contribution in [3.8, 4) is 0 Å². The molecular weight excluding hydrogens is 358 g/mol. The quantitative estimate of drug-likeness (QED) is 0.606. The fourth-order valence-electron chi connectivity index (χ4n) is 3.50. The summed E-state index contributed by atoms with van der Waals surface area (Å²) in [5, 5.41) is 13.1. The van der Waals surface area contributed by atoms with Gasteiger partial charge in [0.25, 0.3) is 8.32 Å². The minimum Gasteiger partial charge on any atom is -0.480 e. The second-order valence-electron chi connectivity index (χ2n) is 7.46. The number of carboxylic acid groups (broad SMARTS) is 1. The van der Waals surface area contributed by atoms with Gasteiger partial charge in [-0.15, -0.1) is 0 Å². The molecule has 5 nitrogen and oxygen atoms in total. The van der Waals surface area contributed by atoms with Gasteiger partial charge in [0.1, 0.15) is 6.04 Å². The van der Waals surface area contributed by atoms with Crippen LogP contribution in [0.3, 0.4) is 0 Å². The Kier molecular flexibility index (Phi) is 6.57. The topological polar surface area (TPSA) is 86.6 Å². The monoisotopic (exact) mass is 385 g/mol. The summed E-state index contributed by atoms with van der Waals surface area (Å²) in [4.78, 5) is 34.8. The van der Waals surface area contributed by atoms with Crippen LogP contribution >= 0.6 is 0 Å². The molecule has 2 rings (SSSR count). The molecule has 3 N–H and O–H groups in total. The summed E-state index contributed by atoms with van der Waals surface area (Å²) in [5.74, 6) is -1.44. The summed E-state index contributed by atoms with van der Waals surface area (Å²) < 4.78 is 0. The van der Waals surface area contributed by atoms with E-state index in [0.29, 0.717) is 6.42 Å². The molecule has 0 radical (unpaired) electrons. The van der Waals surface area contributed by atoms with Crippen molar-refractivity contribution in [1.82, 2.24) is 5.32 Å². The van der Waals surface area contributed by atoms with E-state index in [0.717, 1.165) is 10.4 Å². The highest BCUT2D eigenvalue weighted by atomic mass is 28.4. The Bertz CT molecular complexity index is 738. The first-order valence-electron chi connectivity index (χ1n) is 9.02. The van der Waals surface area contributed by atoms with Crippen LogP contribution in [0.2, 0.25) is 5.04 Å². The number of nitrogens with one attached hydrogen (secondary N) is 1. The molecule has 0 saturated heterocycles. The van der Waals surface area contributed by atoms with Gasteiger partial charge in [-0.25, -0.2) is 4.79 Å². The van der Waals surface area contributed by atoms with Crippen molar-refractivity contribution in [3.05, 3.63) is 60.7 Å². The minimum absolute atomic E-state index is 0.247. The molecule has 0 unspecified atom stereocenters. The summed E-state index contributed by atoms with van der Waals surface area (Å²) in [6, 6.07) is 18.2. The third-order valence-corrected chi connectivity index (χ3v) is 9.64. The molecule has 2 aromatic rings. The number of rotatable bonds is 8. The zero-order valence-electron chi connectivity index (χ0n) is 16.0. The first-order chi connectivity index (χ1) is 12.7. The van der Waals surface area contributed by atoms with E-state index in [2.05, 4.69) is 5.32 Å². The molecule has 144 valence electrons. The van der Waals surface area contributed by atoms with Crippen molar-refractivity contribution in [2.45, 2.75) is 44.7 Å². The highest BCUT2D eigenvalue weighted by molar-refractivity contribution is 6.98. The number of hydrogen-bond donors (Lipinski definition) is 3. The molecule has 0 heterocycles. The number of aliphatic carboxylic acids is 1. The lowest BCUT2D eigenvalue weighted by molar-refractivity contribution is -0.141. The van der Waals surface area contributed by atoms with E-state index in [1.807, 2.05) is 74.5 Å². The lowest BCUT2D eigenvalue weighted by Gasteiger charge is -2.41. The molecule has 0 bridgehead atoms. The van der Waals surface area contributed by atoms with E-state index in [1.54, 1.807) is 0 Å². The number of carbonyl (C=O) groups is 2. The van der Waals surface area contributed by atoms with Crippen molar-refractivity contribution in [3.63, 3.8) is 0 Å². The zero-order valence-corrected chi connectivity index (χ0v) is 17.0. The fraction of sp³-hybridized carbons (Fsp3) is 0.333. The van der Waals surface area contributed by atoms with Gasteiger partial charge < -0.3 is 15.2 Å². The summed E-state index contributed by atoms with van der Waals surface area (Å²) in [6.45, 7) is 5.26. The third-order valence-electron chi connectivity index (χ3n) is 5.10. The average molecular weight is 386 g/mol. The zero-order chi connectivity index (χ0) is 20.1. The van der Waals surface area contributed by atoms with E-state index >= 15 is 0 Å². The van der Waals surface area contributed by atoms with Crippen LogP contribution in [-0.4, -0.2) is 36.1 Å². The summed E-state index contributed by atoms with van der Waals surface area (Å²) in [6.07, 6.45) is 0.702. The first-order valence-corrected chi connectivity index (χ1v) is 11.0. The Balaban J connectivity index is 2.39. The lowest BCUT2D eigenvalue weighted by Crippen LogP contribution is -2.65. The molecule has 1 atom stereocenters. The van der Waals surface area contributed by atoms with Crippen molar-refractivity contribution in [2.24, 2.45) is 0 Å². The molecule has 27 heavy (non-hydrogen) atoms. The number of carboxylic acids is 1. The average Bonchev–Trinajstić information content (AvgIpc) is 2.65. The van der Waals surface area contributed by atoms with Gasteiger partial charge in [-0.05, 0) is 28.3 Å². The smallest absolute Gasteiger partial charge is 0.326 e. The standard InChI is InChI=1S/C21H27NO4Si/c1-16(23)22-19(20(24)25)14-15-21(2,3)27(26,17-10-6-4-7-11-17)18-12-8-5-9-13-18/h4-13,19,26H,14-15H2,1-3H3,(H,22,23)(H,24,25)/t19-/m1/s1. The van der Waals surface area contributed by atoms with E-state index in [-0.39, 0.29) is 12.3 Å². The summed E-state index contributed by atoms with van der Waals surface area (Å²) >= 11 is 0. The van der Waals surface area contributed by atoms with Crippen LogP contribution in [0.5, 0.6) is 0 Å². The molecule has 2 aromatic carbocycles. The minimum atomic E-state index is -3.18. The van der Waals surface area contributed by atoms with Crippen LogP contribution in [0, 0.1) is 0 Å². The molecule has 0 spiro atoms. The van der Waals surface area contributed by atoms with Gasteiger partial charge in [0.05, 0.1) is 0 Å². The van der Waals surface area contributed by atoms with E-state index < -0.39 is 25.4 Å². The fourth-order valence-corrected chi connectivity index (χ4v) is 7.25. The van der Waals surface area contributed by atoms with Crippen molar-refractivity contribution >= 4 is 30.6 Å². The van der Waals surface area contributed by atoms with Gasteiger partial charge in [0.15, 0.2) is 0 Å². The van der Waals surface area contributed by atoms with E-state index in [1.165, 1.54) is 6.92 Å². The maximum absolute atomic E-state index is 12.0. The largest absolute Gasteiger partial charge is 0.480 e. The van der Waals surface area contributed by atoms with E-state index in [9.17, 15) is 19.5 Å². The number of amides is 1. The Morgan fingerprint density at radius 2 is 1.44 bits per heavy atom. The molecule has 1 amide bonds. The van der Waals surface area contributed by atoms with Gasteiger partial charge >= 0.3 is 5.97 Å². The van der Waals surface area contributed by atoms with Crippen molar-refractivity contribution in [1.29, 1.82) is 0 Å². The van der Waals surface area contributed by atoms with Gasteiger partial charge in [0, 0.05) is 6.92 Å². The molecule has 0 aliphatic heterocycles. The highest BCUT2D eigenvalue weighted by Crippen LogP contribution is 2.40. The Labute approximate surface area is 161 Å². The molecular formula is C21H27NO4Si. The van der Waals surface area contributed by atoms with Crippen molar-refractivity contribution < 1.29 is 19.5 Å². The van der Waals surface area contributed by atoms with Crippen LogP contribution in [0.15, 0.2) is 60.7 Å². The molecule has 0 aliphatic rings. The predicted molar refractivity (Wildman–Crippen MR) is 109 cm³/mol. The Morgan fingerprint density at radius 1 is 1.00 bits per heavy atom. The van der Waals surface area contributed by atoms with Gasteiger partial charge in [-0.1, -0.05) is 74.5 Å². The third kappa shape index (κ3) is 4.64. The van der Waals surface area contributed by atoms with Gasteiger partial charge in [-0.2, -0.15) is 0 Å². The van der Waals surface area contributed by atoms with Crippen LogP contribution in [0.25, 0.3) is 0 Å². The molecule has 0 fully saturated rings. The highest BCUT2D eigenvalue weighted by Gasteiger charge is 2.49. The number of carbonyl (C=O) groups excluding carboxylic acids is 1. The van der Waals surface area contributed by atoms with Crippen LogP contribution in [0.4, 0.5) is 0 Å². The number of benzene rings is 2. The first kappa shape index (κ1) is 20.9. The summed E-state index contributed by atoms with van der Waals surface area (Å²) in [5.41, 5.74) is 0. The Hall–Kier alpha value is -2.44. The molecule has 0 aromatic heterocycles. The maximum atomic E-state index is 12.0. The SMILES string of the molecule is CC(=O)N[C@H](CCC(C)(C)[Si](O)(c1ccccc1)c1ccccc1)C(=O)O. The summed E-state index contributed by atoms with van der Waals surface area (Å²) in [7, 11) is -3.18. The molecule has 6 heteroatoms. The molecule has 0 aliphatic carbocycles. The predicted octanol–water partition coefficient (Wildman–Crippen LogP) is 1.89. The normalized spacial score (nSPS) is 13.0. The Morgan fingerprint density at radius 3 is 1.81 bits per heavy atom. The lowest BCUT2D eigenvalue weighted by atomic mass is 10.0. The second-order valence-corrected chi connectivity index (χ2v) is 11.4. The van der Waals surface area contributed by atoms with E-state index in [4.69, 9.17) is 0 Å². The van der Waals surface area contributed by atoms with Gasteiger partial charge in [-0.3, -0.25) is 4.79 Å². The second kappa shape index (κ2) is 8.50. The van der Waals surface area contributed by atoms with Crippen LogP contribution in [-0.2, 0) is 9.59 Å². The number of hydrogen-bond acceptors (Lipinski definition) is 3. The van der Waals surface area contributed by atoms with Gasteiger partial charge in [0.2, 0.25) is 5.91 Å². The van der Waals surface area contributed by atoms with Crippen LogP contribution < -0.4 is 15.7 Å². The van der Waals surface area contributed by atoms with Crippen LogP contribution in [0.1, 0.15) is 33.6 Å². The van der Waals surface area contributed by atoms with Crippen molar-refractivity contribution in [2.75, 3.05) is 0 Å². The maximum Gasteiger partial charge on any atom is 0.326 e.